The SMILES string of the molecule is CCN(CC)CC1CCN(S(=O)(=O)CCCl)CC1. The summed E-state index contributed by atoms with van der Waals surface area (Å²) in [5, 5.41) is 0. The van der Waals surface area contributed by atoms with E-state index >= 15 is 0 Å². The fraction of sp³-hybridized carbons (Fsp3) is 1.00. The molecule has 0 saturated carbocycles. The van der Waals surface area contributed by atoms with Gasteiger partial charge in [-0.15, -0.1) is 11.6 Å². The summed E-state index contributed by atoms with van der Waals surface area (Å²) in [5.41, 5.74) is 0. The summed E-state index contributed by atoms with van der Waals surface area (Å²) in [7, 11) is -3.11. The van der Waals surface area contributed by atoms with Gasteiger partial charge in [0.05, 0.1) is 5.75 Å². The first-order valence-electron chi connectivity index (χ1n) is 6.79. The molecule has 1 fully saturated rings. The molecule has 1 heterocycles. The van der Waals surface area contributed by atoms with Crippen LogP contribution in [0.1, 0.15) is 26.7 Å². The van der Waals surface area contributed by atoms with E-state index < -0.39 is 10.0 Å². The van der Waals surface area contributed by atoms with E-state index in [9.17, 15) is 8.42 Å². The fourth-order valence-electron chi connectivity index (χ4n) is 2.44. The smallest absolute Gasteiger partial charge is 0.215 e. The topological polar surface area (TPSA) is 40.6 Å². The molecular weight excluding hydrogens is 272 g/mol. The molecule has 108 valence electrons. The van der Waals surface area contributed by atoms with E-state index in [1.165, 1.54) is 0 Å². The van der Waals surface area contributed by atoms with Crippen LogP contribution in [0.4, 0.5) is 0 Å². The number of halogens is 1. The molecule has 1 aliphatic rings. The van der Waals surface area contributed by atoms with Crippen molar-refractivity contribution in [1.29, 1.82) is 0 Å². The average molecular weight is 297 g/mol. The Morgan fingerprint density at radius 2 is 1.78 bits per heavy atom. The van der Waals surface area contributed by atoms with Crippen molar-refractivity contribution in [2.45, 2.75) is 26.7 Å². The number of hydrogen-bond acceptors (Lipinski definition) is 3. The number of sulfonamides is 1. The Labute approximate surface area is 116 Å². The zero-order valence-corrected chi connectivity index (χ0v) is 13.0. The van der Waals surface area contributed by atoms with Gasteiger partial charge in [-0.05, 0) is 31.8 Å². The Morgan fingerprint density at radius 3 is 2.22 bits per heavy atom. The van der Waals surface area contributed by atoms with E-state index in [2.05, 4.69) is 18.7 Å². The largest absolute Gasteiger partial charge is 0.304 e. The highest BCUT2D eigenvalue weighted by Gasteiger charge is 2.27. The summed E-state index contributed by atoms with van der Waals surface area (Å²) >= 11 is 5.53. The molecule has 0 spiro atoms. The predicted molar refractivity (Wildman–Crippen MR) is 76.6 cm³/mol. The minimum Gasteiger partial charge on any atom is -0.304 e. The summed E-state index contributed by atoms with van der Waals surface area (Å²) < 4.78 is 25.3. The monoisotopic (exact) mass is 296 g/mol. The van der Waals surface area contributed by atoms with Gasteiger partial charge in [0, 0.05) is 25.5 Å². The standard InChI is InChI=1S/C12H25ClN2O2S/c1-3-14(4-2)11-12-5-8-15(9-6-12)18(16,17)10-7-13/h12H,3-11H2,1-2H3. The molecule has 4 nitrogen and oxygen atoms in total. The maximum absolute atomic E-state index is 11.9. The van der Waals surface area contributed by atoms with Gasteiger partial charge in [-0.3, -0.25) is 0 Å². The van der Waals surface area contributed by atoms with Crippen LogP contribution in [0.3, 0.4) is 0 Å². The lowest BCUT2D eigenvalue weighted by atomic mass is 9.97. The van der Waals surface area contributed by atoms with Crippen LogP contribution in [-0.2, 0) is 10.0 Å². The lowest BCUT2D eigenvalue weighted by molar-refractivity contribution is 0.194. The normalized spacial score (nSPS) is 19.6. The van der Waals surface area contributed by atoms with E-state index in [-0.39, 0.29) is 11.6 Å². The second-order valence-electron chi connectivity index (χ2n) is 4.83. The van der Waals surface area contributed by atoms with Crippen LogP contribution >= 0.6 is 11.6 Å². The molecule has 0 aromatic heterocycles. The van der Waals surface area contributed by atoms with Crippen LogP contribution in [0.5, 0.6) is 0 Å². The molecule has 0 aromatic carbocycles. The van der Waals surface area contributed by atoms with Crippen molar-refractivity contribution in [2.24, 2.45) is 5.92 Å². The lowest BCUT2D eigenvalue weighted by Gasteiger charge is -2.33. The molecule has 6 heteroatoms. The Bertz CT molecular complexity index is 323. The third-order valence-electron chi connectivity index (χ3n) is 3.71. The second kappa shape index (κ2) is 7.68. The van der Waals surface area contributed by atoms with Crippen molar-refractivity contribution in [1.82, 2.24) is 9.21 Å². The molecular formula is C12H25ClN2O2S. The highest BCUT2D eigenvalue weighted by atomic mass is 35.5. The quantitative estimate of drug-likeness (QED) is 0.670. The van der Waals surface area contributed by atoms with Gasteiger partial charge < -0.3 is 4.90 Å². The minimum absolute atomic E-state index is 0.0647. The molecule has 0 unspecified atom stereocenters. The fourth-order valence-corrected chi connectivity index (χ4v) is 4.25. The van der Waals surface area contributed by atoms with Crippen LogP contribution in [0.2, 0.25) is 0 Å². The molecule has 0 aliphatic carbocycles. The summed E-state index contributed by atoms with van der Waals surface area (Å²) in [6.07, 6.45) is 1.94. The maximum Gasteiger partial charge on any atom is 0.215 e. The molecule has 1 saturated heterocycles. The van der Waals surface area contributed by atoms with Crippen LogP contribution in [0.15, 0.2) is 0 Å². The Kier molecular flexibility index (Phi) is 6.92. The second-order valence-corrected chi connectivity index (χ2v) is 7.30. The van der Waals surface area contributed by atoms with Crippen molar-refractivity contribution in [3.63, 3.8) is 0 Å². The number of hydrogen-bond donors (Lipinski definition) is 0. The lowest BCUT2D eigenvalue weighted by Crippen LogP contribution is -2.42. The number of rotatable bonds is 7. The van der Waals surface area contributed by atoms with E-state index in [0.29, 0.717) is 19.0 Å². The van der Waals surface area contributed by atoms with Crippen LogP contribution in [0, 0.1) is 5.92 Å². The van der Waals surface area contributed by atoms with Gasteiger partial charge in [-0.1, -0.05) is 13.8 Å². The molecule has 0 bridgehead atoms. The summed E-state index contributed by atoms with van der Waals surface area (Å²) in [4.78, 5) is 2.41. The molecule has 0 aromatic rings. The Morgan fingerprint density at radius 1 is 1.22 bits per heavy atom. The Hall–Kier alpha value is 0.160. The van der Waals surface area contributed by atoms with Gasteiger partial charge in [0.15, 0.2) is 0 Å². The van der Waals surface area contributed by atoms with Gasteiger partial charge >= 0.3 is 0 Å². The van der Waals surface area contributed by atoms with Gasteiger partial charge in [-0.25, -0.2) is 12.7 Å². The van der Waals surface area contributed by atoms with Crippen LogP contribution in [0.25, 0.3) is 0 Å². The number of nitrogens with zero attached hydrogens (tertiary/aromatic N) is 2. The van der Waals surface area contributed by atoms with E-state index in [0.717, 1.165) is 32.5 Å². The molecule has 0 amide bonds. The van der Waals surface area contributed by atoms with Crippen LogP contribution < -0.4 is 0 Å². The number of piperidine rings is 1. The Balaban J connectivity index is 2.41. The summed E-state index contributed by atoms with van der Waals surface area (Å²) in [6, 6.07) is 0. The van der Waals surface area contributed by atoms with Gasteiger partial charge in [-0.2, -0.15) is 0 Å². The van der Waals surface area contributed by atoms with E-state index in [1.807, 2.05) is 0 Å². The first-order chi connectivity index (χ1) is 8.53. The molecule has 0 N–H and O–H groups in total. The third kappa shape index (κ3) is 4.68. The van der Waals surface area contributed by atoms with Gasteiger partial charge in [0.1, 0.15) is 0 Å². The minimum atomic E-state index is -3.11. The average Bonchev–Trinajstić information content (AvgIpc) is 2.36. The van der Waals surface area contributed by atoms with Crippen LogP contribution in [-0.4, -0.2) is 62.0 Å². The maximum atomic E-state index is 11.9. The predicted octanol–water partition coefficient (Wildman–Crippen LogP) is 1.61. The zero-order chi connectivity index (χ0) is 13.6. The third-order valence-corrected chi connectivity index (χ3v) is 6.00. The molecule has 0 atom stereocenters. The zero-order valence-electron chi connectivity index (χ0n) is 11.4. The highest BCUT2D eigenvalue weighted by Crippen LogP contribution is 2.20. The van der Waals surface area contributed by atoms with Crippen molar-refractivity contribution in [2.75, 3.05) is 44.4 Å². The number of alkyl halides is 1. The van der Waals surface area contributed by atoms with E-state index in [1.54, 1.807) is 4.31 Å². The highest BCUT2D eigenvalue weighted by molar-refractivity contribution is 7.89. The van der Waals surface area contributed by atoms with Crippen molar-refractivity contribution in [3.8, 4) is 0 Å². The molecule has 18 heavy (non-hydrogen) atoms. The summed E-state index contributed by atoms with van der Waals surface area (Å²) in [5.74, 6) is 0.879. The summed E-state index contributed by atoms with van der Waals surface area (Å²) in [6.45, 7) is 8.89. The van der Waals surface area contributed by atoms with Crippen molar-refractivity contribution < 1.29 is 8.42 Å². The van der Waals surface area contributed by atoms with Crippen molar-refractivity contribution in [3.05, 3.63) is 0 Å². The van der Waals surface area contributed by atoms with Gasteiger partial charge in [0.25, 0.3) is 0 Å². The first kappa shape index (κ1) is 16.2. The molecule has 1 rings (SSSR count). The van der Waals surface area contributed by atoms with Crippen molar-refractivity contribution >= 4 is 21.6 Å². The first-order valence-corrected chi connectivity index (χ1v) is 8.94. The molecule has 0 radical (unpaired) electrons. The van der Waals surface area contributed by atoms with E-state index in [4.69, 9.17) is 11.6 Å². The molecule has 1 aliphatic heterocycles. The van der Waals surface area contributed by atoms with Gasteiger partial charge in [0.2, 0.25) is 10.0 Å².